The predicted molar refractivity (Wildman–Crippen MR) is 53.5 cm³/mol. The highest BCUT2D eigenvalue weighted by Gasteiger charge is 2.43. The van der Waals surface area contributed by atoms with E-state index in [0.29, 0.717) is 5.39 Å². The lowest BCUT2D eigenvalue weighted by atomic mass is 10.0. The summed E-state index contributed by atoms with van der Waals surface area (Å²) in [7, 11) is 0. The van der Waals surface area contributed by atoms with E-state index >= 15 is 0 Å². The summed E-state index contributed by atoms with van der Waals surface area (Å²) in [5.74, 6) is 0. The standard InChI is InChI=1S/C12H7F4/c13-11(12(14,15)16)10-7-3-5-8-4-1-2-6-9(8)10/h1-7H. The van der Waals surface area contributed by atoms with Gasteiger partial charge >= 0.3 is 6.18 Å². The molecule has 83 valence electrons. The molecule has 4 heteroatoms. The molecule has 0 heterocycles. The van der Waals surface area contributed by atoms with Crippen LogP contribution in [0, 0.1) is 6.17 Å². The Balaban J connectivity index is 2.61. The van der Waals surface area contributed by atoms with Crippen LogP contribution in [0.25, 0.3) is 10.8 Å². The quantitative estimate of drug-likeness (QED) is 0.639. The Labute approximate surface area is 89.5 Å². The highest BCUT2D eigenvalue weighted by atomic mass is 19.4. The first-order valence-electron chi connectivity index (χ1n) is 4.58. The van der Waals surface area contributed by atoms with Gasteiger partial charge in [0.15, 0.2) is 0 Å². The van der Waals surface area contributed by atoms with Gasteiger partial charge in [0.2, 0.25) is 0 Å². The zero-order valence-electron chi connectivity index (χ0n) is 8.05. The molecule has 1 radical (unpaired) electrons. The molecule has 0 nitrogen and oxygen atoms in total. The second kappa shape index (κ2) is 3.77. The Kier molecular flexibility index (Phi) is 2.58. The van der Waals surface area contributed by atoms with E-state index in [2.05, 4.69) is 0 Å². The van der Waals surface area contributed by atoms with Gasteiger partial charge in [-0.05, 0) is 10.8 Å². The topological polar surface area (TPSA) is 0 Å². The largest absolute Gasteiger partial charge is 0.430 e. The highest BCUT2D eigenvalue weighted by Crippen LogP contribution is 2.37. The molecule has 0 N–H and O–H groups in total. The molecule has 0 fully saturated rings. The molecular formula is C12H7F4. The number of fused-ring (bicyclic) bond motifs is 1. The van der Waals surface area contributed by atoms with Crippen LogP contribution >= 0.6 is 0 Å². The third-order valence-electron chi connectivity index (χ3n) is 2.27. The van der Waals surface area contributed by atoms with Crippen molar-refractivity contribution in [3.05, 3.63) is 54.2 Å². The normalized spacial score (nSPS) is 12.3. The first kappa shape index (κ1) is 10.9. The zero-order valence-corrected chi connectivity index (χ0v) is 8.05. The molecular weight excluding hydrogens is 220 g/mol. The first-order valence-corrected chi connectivity index (χ1v) is 4.58. The van der Waals surface area contributed by atoms with Gasteiger partial charge in [0.25, 0.3) is 6.17 Å². The molecule has 0 unspecified atom stereocenters. The lowest BCUT2D eigenvalue weighted by molar-refractivity contribution is -0.130. The maximum atomic E-state index is 13.2. The summed E-state index contributed by atoms with van der Waals surface area (Å²) in [5, 5.41) is 0.847. The van der Waals surface area contributed by atoms with Gasteiger partial charge in [-0.25, -0.2) is 4.39 Å². The number of hydrogen-bond donors (Lipinski definition) is 0. The molecule has 0 saturated carbocycles. The summed E-state index contributed by atoms with van der Waals surface area (Å²) in [6.45, 7) is 0. The minimum Gasteiger partial charge on any atom is -0.224 e. The van der Waals surface area contributed by atoms with E-state index in [1.165, 1.54) is 12.1 Å². The SMILES string of the molecule is F[C](c1cccc2ccccc12)C(F)(F)F. The molecule has 0 aliphatic carbocycles. The van der Waals surface area contributed by atoms with E-state index in [1.54, 1.807) is 24.3 Å². The summed E-state index contributed by atoms with van der Waals surface area (Å²) in [6, 6.07) is 10.6. The second-order valence-corrected chi connectivity index (χ2v) is 3.34. The van der Waals surface area contributed by atoms with Crippen molar-refractivity contribution in [3.63, 3.8) is 0 Å². The van der Waals surface area contributed by atoms with Crippen molar-refractivity contribution in [3.8, 4) is 0 Å². The summed E-state index contributed by atoms with van der Waals surface area (Å²) >= 11 is 0. The third kappa shape index (κ3) is 1.87. The van der Waals surface area contributed by atoms with Crippen LogP contribution in [0.2, 0.25) is 0 Å². The molecule has 0 atom stereocenters. The van der Waals surface area contributed by atoms with Crippen molar-refractivity contribution in [1.29, 1.82) is 0 Å². The lowest BCUT2D eigenvalue weighted by Crippen LogP contribution is -2.17. The first-order chi connectivity index (χ1) is 7.50. The minimum absolute atomic E-state index is 0.264. The highest BCUT2D eigenvalue weighted by molar-refractivity contribution is 5.87. The van der Waals surface area contributed by atoms with Gasteiger partial charge in [-0.3, -0.25) is 0 Å². The average molecular weight is 227 g/mol. The van der Waals surface area contributed by atoms with Crippen LogP contribution in [0.1, 0.15) is 5.56 Å². The van der Waals surface area contributed by atoms with Crippen molar-refractivity contribution in [2.45, 2.75) is 6.18 Å². The maximum absolute atomic E-state index is 13.2. The molecule has 0 bridgehead atoms. The molecule has 0 aliphatic rings. The van der Waals surface area contributed by atoms with Gasteiger partial charge in [-0.15, -0.1) is 0 Å². The van der Waals surface area contributed by atoms with Gasteiger partial charge in [0.05, 0.1) is 0 Å². The Morgan fingerprint density at radius 2 is 1.50 bits per heavy atom. The molecule has 16 heavy (non-hydrogen) atoms. The zero-order chi connectivity index (χ0) is 11.8. The summed E-state index contributed by atoms with van der Waals surface area (Å²) in [5.41, 5.74) is -0.411. The summed E-state index contributed by atoms with van der Waals surface area (Å²) in [4.78, 5) is 0. The fourth-order valence-corrected chi connectivity index (χ4v) is 1.57. The van der Waals surface area contributed by atoms with Crippen LogP contribution in [0.5, 0.6) is 0 Å². The van der Waals surface area contributed by atoms with Crippen LogP contribution in [-0.2, 0) is 0 Å². The fourth-order valence-electron chi connectivity index (χ4n) is 1.57. The monoisotopic (exact) mass is 227 g/mol. The van der Waals surface area contributed by atoms with E-state index in [9.17, 15) is 17.6 Å². The van der Waals surface area contributed by atoms with Crippen molar-refractivity contribution >= 4 is 10.8 Å². The summed E-state index contributed by atoms with van der Waals surface area (Å²) in [6.07, 6.45) is -6.99. The van der Waals surface area contributed by atoms with E-state index in [4.69, 9.17) is 0 Å². The van der Waals surface area contributed by atoms with Crippen LogP contribution in [0.4, 0.5) is 17.6 Å². The molecule has 2 aromatic rings. The van der Waals surface area contributed by atoms with Crippen LogP contribution < -0.4 is 0 Å². The Morgan fingerprint density at radius 3 is 2.19 bits per heavy atom. The van der Waals surface area contributed by atoms with Crippen molar-refractivity contribution in [2.24, 2.45) is 0 Å². The number of hydrogen-bond acceptors (Lipinski definition) is 0. The number of halogens is 4. The van der Waals surface area contributed by atoms with Crippen LogP contribution in [0.15, 0.2) is 42.5 Å². The van der Waals surface area contributed by atoms with E-state index in [1.807, 2.05) is 0 Å². The van der Waals surface area contributed by atoms with Gasteiger partial charge in [-0.1, -0.05) is 42.5 Å². The van der Waals surface area contributed by atoms with E-state index in [-0.39, 0.29) is 5.39 Å². The molecule has 0 aromatic heterocycles. The molecule has 2 aromatic carbocycles. The van der Waals surface area contributed by atoms with Gasteiger partial charge in [0.1, 0.15) is 0 Å². The Hall–Kier alpha value is -1.58. The molecule has 0 aliphatic heterocycles. The van der Waals surface area contributed by atoms with Crippen molar-refractivity contribution in [1.82, 2.24) is 0 Å². The van der Waals surface area contributed by atoms with E-state index < -0.39 is 17.9 Å². The van der Waals surface area contributed by atoms with E-state index in [0.717, 1.165) is 6.07 Å². The molecule has 0 amide bonds. The van der Waals surface area contributed by atoms with Crippen molar-refractivity contribution in [2.75, 3.05) is 0 Å². The lowest BCUT2D eigenvalue weighted by Gasteiger charge is -2.13. The molecule has 0 saturated heterocycles. The Bertz CT molecular complexity index is 496. The second-order valence-electron chi connectivity index (χ2n) is 3.34. The predicted octanol–water partition coefficient (Wildman–Crippen LogP) is 4.25. The van der Waals surface area contributed by atoms with Gasteiger partial charge in [-0.2, -0.15) is 13.2 Å². The number of benzene rings is 2. The van der Waals surface area contributed by atoms with Gasteiger partial charge < -0.3 is 0 Å². The van der Waals surface area contributed by atoms with Gasteiger partial charge in [0, 0.05) is 5.56 Å². The average Bonchev–Trinajstić information content (AvgIpc) is 2.26. The molecule has 2 rings (SSSR count). The number of rotatable bonds is 1. The third-order valence-corrected chi connectivity index (χ3v) is 2.27. The minimum atomic E-state index is -4.94. The fraction of sp³-hybridized carbons (Fsp3) is 0.0833. The summed E-state index contributed by atoms with van der Waals surface area (Å²) < 4.78 is 49.9. The molecule has 0 spiro atoms. The van der Waals surface area contributed by atoms with Crippen LogP contribution in [0.3, 0.4) is 0 Å². The smallest absolute Gasteiger partial charge is 0.224 e. The number of alkyl halides is 3. The van der Waals surface area contributed by atoms with Crippen molar-refractivity contribution < 1.29 is 17.6 Å². The Morgan fingerprint density at radius 1 is 0.875 bits per heavy atom. The maximum Gasteiger partial charge on any atom is 0.430 e. The van der Waals surface area contributed by atoms with Crippen LogP contribution in [-0.4, -0.2) is 6.18 Å².